The molecule has 0 aromatic heterocycles. The quantitative estimate of drug-likeness (QED) is 0.801. The Bertz CT molecular complexity index is 767. The predicted octanol–water partition coefficient (Wildman–Crippen LogP) is 4.25. The molecule has 1 atom stereocenters. The van der Waals surface area contributed by atoms with Gasteiger partial charge in [0, 0.05) is 5.02 Å². The van der Waals surface area contributed by atoms with Crippen molar-refractivity contribution in [3.05, 3.63) is 63.9 Å². The first-order valence-corrected chi connectivity index (χ1v) is 7.81. The van der Waals surface area contributed by atoms with Crippen molar-refractivity contribution < 1.29 is 18.7 Å². The van der Waals surface area contributed by atoms with E-state index in [1.165, 1.54) is 37.3 Å². The normalized spacial score (nSPS) is 11.7. The number of benzene rings is 2. The number of carbonyl (C=O) groups excluding carboxylic acids is 2. The lowest BCUT2D eigenvalue weighted by atomic mass is 10.1. The highest BCUT2D eigenvalue weighted by Crippen LogP contribution is 2.25. The van der Waals surface area contributed by atoms with Crippen LogP contribution in [0.15, 0.2) is 42.5 Å². The summed E-state index contributed by atoms with van der Waals surface area (Å²) in [5, 5.41) is 3.23. The summed E-state index contributed by atoms with van der Waals surface area (Å²) >= 11 is 11.8. The lowest BCUT2D eigenvalue weighted by molar-refractivity contribution is -0.152. The van der Waals surface area contributed by atoms with Gasteiger partial charge in [-0.3, -0.25) is 9.59 Å². The Labute approximate surface area is 148 Å². The van der Waals surface area contributed by atoms with E-state index in [2.05, 4.69) is 5.32 Å². The van der Waals surface area contributed by atoms with E-state index >= 15 is 0 Å². The van der Waals surface area contributed by atoms with Crippen LogP contribution >= 0.6 is 23.2 Å². The highest BCUT2D eigenvalue weighted by atomic mass is 35.5. The Kier molecular flexibility index (Phi) is 6.17. The maximum absolute atomic E-state index is 13.5. The first-order chi connectivity index (χ1) is 11.4. The Morgan fingerprint density at radius 2 is 1.92 bits per heavy atom. The summed E-state index contributed by atoms with van der Waals surface area (Å²) in [6.45, 7) is 1.41. The predicted molar refractivity (Wildman–Crippen MR) is 90.7 cm³/mol. The molecule has 2 aromatic rings. The number of rotatable bonds is 5. The van der Waals surface area contributed by atoms with E-state index < -0.39 is 23.8 Å². The Balaban J connectivity index is 1.95. The minimum atomic E-state index is -1.07. The molecule has 0 saturated carbocycles. The Hall–Kier alpha value is -2.11. The Morgan fingerprint density at radius 1 is 1.21 bits per heavy atom. The van der Waals surface area contributed by atoms with Crippen LogP contribution in [0.25, 0.3) is 0 Å². The van der Waals surface area contributed by atoms with Crippen LogP contribution in [0.3, 0.4) is 0 Å². The summed E-state index contributed by atoms with van der Waals surface area (Å²) in [5.41, 5.74) is 0.513. The molecule has 7 heteroatoms. The van der Waals surface area contributed by atoms with Crippen molar-refractivity contribution in [3.8, 4) is 0 Å². The second-order valence-electron chi connectivity index (χ2n) is 5.01. The van der Waals surface area contributed by atoms with Gasteiger partial charge in [-0.1, -0.05) is 41.4 Å². The second-order valence-corrected chi connectivity index (χ2v) is 5.86. The SMILES string of the molecule is CC(OC(=O)Cc1ccccc1F)C(=O)Nc1cc(Cl)ccc1Cl. The summed E-state index contributed by atoms with van der Waals surface area (Å²) in [4.78, 5) is 23.9. The fourth-order valence-electron chi connectivity index (χ4n) is 1.92. The molecule has 126 valence electrons. The number of anilines is 1. The molecule has 4 nitrogen and oxygen atoms in total. The second kappa shape index (κ2) is 8.13. The maximum Gasteiger partial charge on any atom is 0.311 e. The molecule has 0 aliphatic rings. The topological polar surface area (TPSA) is 55.4 Å². The molecular formula is C17H14Cl2FNO3. The zero-order valence-electron chi connectivity index (χ0n) is 12.7. The number of hydrogen-bond donors (Lipinski definition) is 1. The van der Waals surface area contributed by atoms with Gasteiger partial charge in [0.15, 0.2) is 6.10 Å². The summed E-state index contributed by atoms with van der Waals surface area (Å²) in [5.74, 6) is -1.78. The number of hydrogen-bond acceptors (Lipinski definition) is 3. The fraction of sp³-hybridized carbons (Fsp3) is 0.176. The first kappa shape index (κ1) is 18.2. The average Bonchev–Trinajstić information content (AvgIpc) is 2.53. The molecule has 1 unspecified atom stereocenters. The lowest BCUT2D eigenvalue weighted by Gasteiger charge is -2.14. The molecular weight excluding hydrogens is 356 g/mol. The molecule has 0 radical (unpaired) electrons. The van der Waals surface area contributed by atoms with Crippen molar-refractivity contribution in [2.45, 2.75) is 19.4 Å². The first-order valence-electron chi connectivity index (χ1n) is 7.05. The van der Waals surface area contributed by atoms with Crippen molar-refractivity contribution in [1.29, 1.82) is 0 Å². The highest BCUT2D eigenvalue weighted by Gasteiger charge is 2.19. The van der Waals surface area contributed by atoms with Gasteiger partial charge >= 0.3 is 5.97 Å². The zero-order chi connectivity index (χ0) is 17.7. The molecule has 0 saturated heterocycles. The zero-order valence-corrected chi connectivity index (χ0v) is 14.2. The van der Waals surface area contributed by atoms with Gasteiger partial charge in [0.2, 0.25) is 0 Å². The fourth-order valence-corrected chi connectivity index (χ4v) is 2.25. The van der Waals surface area contributed by atoms with Crippen LogP contribution in [0.2, 0.25) is 10.0 Å². The van der Waals surface area contributed by atoms with Crippen molar-refractivity contribution >= 4 is 40.8 Å². The minimum absolute atomic E-state index is 0.202. The molecule has 0 aliphatic carbocycles. The largest absolute Gasteiger partial charge is 0.452 e. The van der Waals surface area contributed by atoms with Gasteiger partial charge in [-0.25, -0.2) is 4.39 Å². The summed E-state index contributed by atoms with van der Waals surface area (Å²) in [6.07, 6.45) is -1.33. The smallest absolute Gasteiger partial charge is 0.311 e. The van der Waals surface area contributed by atoms with Gasteiger partial charge in [0.05, 0.1) is 17.1 Å². The van der Waals surface area contributed by atoms with Gasteiger partial charge in [0.1, 0.15) is 5.82 Å². The monoisotopic (exact) mass is 369 g/mol. The van der Waals surface area contributed by atoms with Gasteiger partial charge in [-0.15, -0.1) is 0 Å². The van der Waals surface area contributed by atoms with Crippen LogP contribution in [0, 0.1) is 5.82 Å². The molecule has 0 bridgehead atoms. The van der Waals surface area contributed by atoms with Gasteiger partial charge < -0.3 is 10.1 Å². The summed E-state index contributed by atoms with van der Waals surface area (Å²) < 4.78 is 18.5. The third-order valence-corrected chi connectivity index (χ3v) is 3.72. The van der Waals surface area contributed by atoms with Crippen LogP contribution in [0.5, 0.6) is 0 Å². The highest BCUT2D eigenvalue weighted by molar-refractivity contribution is 6.35. The standard InChI is InChI=1S/C17H14Cl2FNO3/c1-10(17(23)21-15-9-12(18)6-7-13(15)19)24-16(22)8-11-4-2-3-5-14(11)20/h2-7,9-10H,8H2,1H3,(H,21,23). The van der Waals surface area contributed by atoms with E-state index in [4.69, 9.17) is 27.9 Å². The summed E-state index contributed by atoms with van der Waals surface area (Å²) in [6, 6.07) is 10.5. The molecule has 0 heterocycles. The molecule has 1 N–H and O–H groups in total. The van der Waals surface area contributed by atoms with Crippen molar-refractivity contribution in [1.82, 2.24) is 0 Å². The van der Waals surface area contributed by atoms with Crippen molar-refractivity contribution in [3.63, 3.8) is 0 Å². The molecule has 2 rings (SSSR count). The van der Waals surface area contributed by atoms with Crippen LogP contribution < -0.4 is 5.32 Å². The van der Waals surface area contributed by atoms with Gasteiger partial charge in [-0.05, 0) is 36.8 Å². The lowest BCUT2D eigenvalue weighted by Crippen LogP contribution is -2.30. The molecule has 0 aliphatic heterocycles. The van der Waals surface area contributed by atoms with Crippen molar-refractivity contribution in [2.75, 3.05) is 5.32 Å². The van der Waals surface area contributed by atoms with E-state index in [1.54, 1.807) is 12.1 Å². The van der Waals surface area contributed by atoms with Crippen LogP contribution in [-0.4, -0.2) is 18.0 Å². The molecule has 0 fully saturated rings. The van der Waals surface area contributed by atoms with Gasteiger partial charge in [-0.2, -0.15) is 0 Å². The average molecular weight is 370 g/mol. The van der Waals surface area contributed by atoms with E-state index in [9.17, 15) is 14.0 Å². The number of halogens is 3. The van der Waals surface area contributed by atoms with Crippen LogP contribution in [-0.2, 0) is 20.7 Å². The number of nitrogens with one attached hydrogen (secondary N) is 1. The molecule has 0 spiro atoms. The molecule has 1 amide bonds. The molecule has 2 aromatic carbocycles. The van der Waals surface area contributed by atoms with E-state index in [0.29, 0.717) is 15.7 Å². The van der Waals surface area contributed by atoms with E-state index in [1.807, 2.05) is 0 Å². The summed E-state index contributed by atoms with van der Waals surface area (Å²) in [7, 11) is 0. The number of esters is 1. The minimum Gasteiger partial charge on any atom is -0.452 e. The van der Waals surface area contributed by atoms with Crippen molar-refractivity contribution in [2.24, 2.45) is 0 Å². The number of amides is 1. The third kappa shape index (κ3) is 4.94. The molecule has 24 heavy (non-hydrogen) atoms. The van der Waals surface area contributed by atoms with Gasteiger partial charge in [0.25, 0.3) is 5.91 Å². The number of ether oxygens (including phenoxy) is 1. The van der Waals surface area contributed by atoms with Crippen LogP contribution in [0.4, 0.5) is 10.1 Å². The van der Waals surface area contributed by atoms with Crippen LogP contribution in [0.1, 0.15) is 12.5 Å². The van der Waals surface area contributed by atoms with E-state index in [-0.39, 0.29) is 12.0 Å². The number of carbonyl (C=O) groups is 2. The maximum atomic E-state index is 13.5. The van der Waals surface area contributed by atoms with E-state index in [0.717, 1.165) is 0 Å². The third-order valence-electron chi connectivity index (χ3n) is 3.16. The Morgan fingerprint density at radius 3 is 2.62 bits per heavy atom.